The van der Waals surface area contributed by atoms with Gasteiger partial charge in [0.15, 0.2) is 11.5 Å². The lowest BCUT2D eigenvalue weighted by Crippen LogP contribution is -2.01. The minimum Gasteiger partial charge on any atom is -0.508 e. The molecule has 0 aliphatic heterocycles. The Labute approximate surface area is 158 Å². The summed E-state index contributed by atoms with van der Waals surface area (Å²) in [6.45, 7) is 4.63. The summed E-state index contributed by atoms with van der Waals surface area (Å²) in [5.41, 5.74) is 2.78. The van der Waals surface area contributed by atoms with Crippen molar-refractivity contribution in [3.05, 3.63) is 17.2 Å². The molecular formula is C23H36O3. The van der Waals surface area contributed by atoms with Crippen LogP contribution in [0.2, 0.25) is 0 Å². The molecule has 3 heteroatoms. The molecule has 0 amide bonds. The molecule has 1 aromatic rings. The van der Waals surface area contributed by atoms with Gasteiger partial charge in [-0.1, -0.05) is 33.1 Å². The third-order valence-corrected chi connectivity index (χ3v) is 7.13. The van der Waals surface area contributed by atoms with E-state index in [9.17, 15) is 15.3 Å². The number of phenolic OH excluding ortho intramolecular Hbond substituents is 3. The zero-order chi connectivity index (χ0) is 18.8. The van der Waals surface area contributed by atoms with Gasteiger partial charge >= 0.3 is 0 Å². The van der Waals surface area contributed by atoms with Crippen LogP contribution in [0.5, 0.6) is 17.2 Å². The van der Waals surface area contributed by atoms with Crippen LogP contribution in [0.15, 0.2) is 6.07 Å². The monoisotopic (exact) mass is 360 g/mol. The lowest BCUT2D eigenvalue weighted by atomic mass is 9.91. The Balaban J connectivity index is 1.56. The van der Waals surface area contributed by atoms with E-state index in [4.69, 9.17) is 0 Å². The predicted molar refractivity (Wildman–Crippen MR) is 106 cm³/mol. The Bertz CT molecular complexity index is 627. The van der Waals surface area contributed by atoms with E-state index in [0.717, 1.165) is 43.2 Å². The van der Waals surface area contributed by atoms with Crippen LogP contribution in [-0.2, 0) is 12.8 Å². The highest BCUT2D eigenvalue weighted by molar-refractivity contribution is 5.55. The standard InChI is InChI=1S/C23H36O3/c1-3-23(14-15-23)11-7-5-8-17-18(21(26)20(25)16-19(17)24)9-4-6-10-22(2)12-13-22/h16,24-26H,3-15H2,1-2H3. The molecule has 3 nitrogen and oxygen atoms in total. The number of aromatic hydroxyl groups is 3. The SMILES string of the molecule is CCC1(CCCCc2c(O)cc(O)c(O)c2CCCCC2(C)CC2)CC1. The van der Waals surface area contributed by atoms with E-state index in [-0.39, 0.29) is 17.2 Å². The molecule has 0 bridgehead atoms. The van der Waals surface area contributed by atoms with Crippen LogP contribution in [0.3, 0.4) is 0 Å². The summed E-state index contributed by atoms with van der Waals surface area (Å²) in [5.74, 6) is -0.0814. The zero-order valence-electron chi connectivity index (χ0n) is 16.6. The second-order valence-corrected chi connectivity index (χ2v) is 9.30. The first-order valence-electron chi connectivity index (χ1n) is 10.6. The van der Waals surface area contributed by atoms with E-state index in [1.807, 2.05) is 0 Å². The van der Waals surface area contributed by atoms with Gasteiger partial charge in [0.2, 0.25) is 0 Å². The molecular weight excluding hydrogens is 324 g/mol. The largest absolute Gasteiger partial charge is 0.508 e. The molecule has 2 aliphatic rings. The summed E-state index contributed by atoms with van der Waals surface area (Å²) in [6, 6.07) is 1.30. The molecule has 0 aromatic heterocycles. The fourth-order valence-corrected chi connectivity index (χ4v) is 4.36. The van der Waals surface area contributed by atoms with Crippen molar-refractivity contribution < 1.29 is 15.3 Å². The fourth-order valence-electron chi connectivity index (χ4n) is 4.36. The average Bonchev–Trinajstić information content (AvgIpc) is 3.53. The summed E-state index contributed by atoms with van der Waals surface area (Å²) in [6.07, 6.45) is 15.1. The van der Waals surface area contributed by atoms with Crippen LogP contribution in [0.4, 0.5) is 0 Å². The molecule has 0 atom stereocenters. The van der Waals surface area contributed by atoms with Crippen molar-refractivity contribution in [1.29, 1.82) is 0 Å². The highest BCUT2D eigenvalue weighted by Crippen LogP contribution is 2.52. The number of hydrogen-bond acceptors (Lipinski definition) is 3. The summed E-state index contributed by atoms with van der Waals surface area (Å²) < 4.78 is 0. The fraction of sp³-hybridized carbons (Fsp3) is 0.739. The van der Waals surface area contributed by atoms with Crippen molar-refractivity contribution in [2.24, 2.45) is 10.8 Å². The van der Waals surface area contributed by atoms with Crippen molar-refractivity contribution >= 4 is 0 Å². The van der Waals surface area contributed by atoms with Gasteiger partial charge in [-0.25, -0.2) is 0 Å². The van der Waals surface area contributed by atoms with Crippen molar-refractivity contribution in [3.63, 3.8) is 0 Å². The maximum atomic E-state index is 10.3. The van der Waals surface area contributed by atoms with E-state index < -0.39 is 0 Å². The molecule has 3 N–H and O–H groups in total. The average molecular weight is 361 g/mol. The molecule has 0 heterocycles. The van der Waals surface area contributed by atoms with E-state index >= 15 is 0 Å². The summed E-state index contributed by atoms with van der Waals surface area (Å²) in [5, 5.41) is 30.6. The van der Waals surface area contributed by atoms with Gasteiger partial charge in [-0.05, 0) is 75.0 Å². The molecule has 26 heavy (non-hydrogen) atoms. The van der Waals surface area contributed by atoms with E-state index in [0.29, 0.717) is 10.8 Å². The van der Waals surface area contributed by atoms with Gasteiger partial charge in [0.25, 0.3) is 0 Å². The smallest absolute Gasteiger partial charge is 0.161 e. The molecule has 0 saturated heterocycles. The normalized spacial score (nSPS) is 19.5. The molecule has 2 aliphatic carbocycles. The number of unbranched alkanes of at least 4 members (excludes halogenated alkanes) is 2. The second-order valence-electron chi connectivity index (χ2n) is 9.30. The Morgan fingerprint density at radius 2 is 1.42 bits per heavy atom. The van der Waals surface area contributed by atoms with Crippen LogP contribution < -0.4 is 0 Å². The molecule has 3 rings (SSSR count). The Hall–Kier alpha value is -1.38. The highest BCUT2D eigenvalue weighted by atomic mass is 16.3. The summed E-state index contributed by atoms with van der Waals surface area (Å²) in [7, 11) is 0. The van der Waals surface area contributed by atoms with Gasteiger partial charge in [-0.15, -0.1) is 0 Å². The maximum absolute atomic E-state index is 10.3. The second kappa shape index (κ2) is 7.70. The lowest BCUT2D eigenvalue weighted by molar-refractivity contribution is 0.386. The van der Waals surface area contributed by atoms with E-state index in [1.54, 1.807) is 0 Å². The quantitative estimate of drug-likeness (QED) is 0.249. The minimum atomic E-state index is -0.196. The number of rotatable bonds is 11. The topological polar surface area (TPSA) is 60.7 Å². The van der Waals surface area contributed by atoms with Crippen LogP contribution in [0.1, 0.15) is 95.6 Å². The Morgan fingerprint density at radius 1 is 0.808 bits per heavy atom. The number of hydrogen-bond donors (Lipinski definition) is 3. The first kappa shape index (κ1) is 19.4. The number of phenols is 3. The lowest BCUT2D eigenvalue weighted by Gasteiger charge is -2.16. The first-order valence-corrected chi connectivity index (χ1v) is 10.6. The van der Waals surface area contributed by atoms with Gasteiger partial charge in [-0.3, -0.25) is 0 Å². The third-order valence-electron chi connectivity index (χ3n) is 7.13. The summed E-state index contributed by atoms with van der Waals surface area (Å²) >= 11 is 0. The van der Waals surface area contributed by atoms with Gasteiger partial charge in [0.1, 0.15) is 5.75 Å². The third kappa shape index (κ3) is 4.66. The van der Waals surface area contributed by atoms with Crippen molar-refractivity contribution in [3.8, 4) is 17.2 Å². The Morgan fingerprint density at radius 3 is 2.00 bits per heavy atom. The predicted octanol–water partition coefficient (Wildman–Crippen LogP) is 6.22. The van der Waals surface area contributed by atoms with Crippen LogP contribution >= 0.6 is 0 Å². The van der Waals surface area contributed by atoms with Crippen LogP contribution in [0.25, 0.3) is 0 Å². The molecule has 0 spiro atoms. The molecule has 2 fully saturated rings. The van der Waals surface area contributed by atoms with Crippen LogP contribution in [-0.4, -0.2) is 15.3 Å². The van der Waals surface area contributed by atoms with E-state index in [2.05, 4.69) is 13.8 Å². The van der Waals surface area contributed by atoms with Gasteiger partial charge < -0.3 is 15.3 Å². The van der Waals surface area contributed by atoms with Crippen molar-refractivity contribution in [2.45, 2.75) is 97.3 Å². The maximum Gasteiger partial charge on any atom is 0.161 e. The molecule has 0 radical (unpaired) electrons. The number of benzene rings is 1. The van der Waals surface area contributed by atoms with E-state index in [1.165, 1.54) is 57.4 Å². The summed E-state index contributed by atoms with van der Waals surface area (Å²) in [4.78, 5) is 0. The van der Waals surface area contributed by atoms with Crippen molar-refractivity contribution in [1.82, 2.24) is 0 Å². The van der Waals surface area contributed by atoms with Crippen LogP contribution in [0, 0.1) is 10.8 Å². The molecule has 2 saturated carbocycles. The van der Waals surface area contributed by atoms with Gasteiger partial charge in [0, 0.05) is 17.2 Å². The highest BCUT2D eigenvalue weighted by Gasteiger charge is 2.39. The molecule has 0 unspecified atom stereocenters. The zero-order valence-corrected chi connectivity index (χ0v) is 16.6. The van der Waals surface area contributed by atoms with Crippen molar-refractivity contribution in [2.75, 3.05) is 0 Å². The molecule has 146 valence electrons. The van der Waals surface area contributed by atoms with Gasteiger partial charge in [0.05, 0.1) is 0 Å². The first-order chi connectivity index (χ1) is 12.4. The van der Waals surface area contributed by atoms with Gasteiger partial charge in [-0.2, -0.15) is 0 Å². The minimum absolute atomic E-state index is 0.0253. The Kier molecular flexibility index (Phi) is 5.74. The molecule has 1 aromatic carbocycles.